The van der Waals surface area contributed by atoms with Gasteiger partial charge in [0.25, 0.3) is 0 Å². The molecule has 0 saturated carbocycles. The molecule has 2 rings (SSSR count). The Bertz CT molecular complexity index is 438. The molecule has 2 nitrogen and oxygen atoms in total. The first-order valence-electron chi connectivity index (χ1n) is 7.14. The number of rotatable bonds is 3. The van der Waals surface area contributed by atoms with Gasteiger partial charge in [-0.3, -0.25) is 0 Å². The van der Waals surface area contributed by atoms with Gasteiger partial charge in [0.15, 0.2) is 0 Å². The van der Waals surface area contributed by atoms with Crippen LogP contribution < -0.4 is 0 Å². The van der Waals surface area contributed by atoms with E-state index in [1.165, 1.54) is 11.1 Å². The standard InChI is InChI=1S/C16H25BO2/c1-12-9-7-8-10-14(12)13(2)11-17-18-15(3,4)16(5,6)19-17/h7-10,13H,11H2,1-6H3/t13-/m0/s1. The smallest absolute Gasteiger partial charge is 0.403 e. The minimum atomic E-state index is -0.233. The Hall–Kier alpha value is -0.795. The maximum atomic E-state index is 6.07. The van der Waals surface area contributed by atoms with Gasteiger partial charge in [-0.15, -0.1) is 0 Å². The zero-order valence-electron chi connectivity index (χ0n) is 13.0. The molecule has 1 aromatic carbocycles. The maximum absolute atomic E-state index is 6.07. The third-order valence-electron chi connectivity index (χ3n) is 4.57. The average Bonchev–Trinajstić information content (AvgIpc) is 2.47. The van der Waals surface area contributed by atoms with E-state index in [2.05, 4.69) is 65.8 Å². The number of hydrogen-bond donors (Lipinski definition) is 0. The lowest BCUT2D eigenvalue weighted by Gasteiger charge is -2.32. The summed E-state index contributed by atoms with van der Waals surface area (Å²) < 4.78 is 12.1. The summed E-state index contributed by atoms with van der Waals surface area (Å²) in [7, 11) is -0.111. The van der Waals surface area contributed by atoms with Crippen molar-refractivity contribution < 1.29 is 9.31 Å². The quantitative estimate of drug-likeness (QED) is 0.758. The SMILES string of the molecule is Cc1ccccc1[C@@H](C)CB1OC(C)(C)C(C)(C)O1. The molecule has 19 heavy (non-hydrogen) atoms. The van der Waals surface area contributed by atoms with Crippen molar-refractivity contribution in [2.75, 3.05) is 0 Å². The molecule has 1 heterocycles. The molecular weight excluding hydrogens is 235 g/mol. The van der Waals surface area contributed by atoms with Crippen molar-refractivity contribution in [3.8, 4) is 0 Å². The van der Waals surface area contributed by atoms with Crippen LogP contribution in [0.4, 0.5) is 0 Å². The minimum Gasteiger partial charge on any atom is -0.403 e. The van der Waals surface area contributed by atoms with Crippen LogP contribution in [-0.4, -0.2) is 18.3 Å². The molecule has 1 aromatic rings. The summed E-state index contributed by atoms with van der Waals surface area (Å²) in [5, 5.41) is 0. The molecule has 0 bridgehead atoms. The van der Waals surface area contributed by atoms with Gasteiger partial charge in [0.2, 0.25) is 0 Å². The Kier molecular flexibility index (Phi) is 3.81. The Balaban J connectivity index is 2.06. The monoisotopic (exact) mass is 260 g/mol. The van der Waals surface area contributed by atoms with E-state index >= 15 is 0 Å². The predicted molar refractivity (Wildman–Crippen MR) is 80.5 cm³/mol. The number of aryl methyl sites for hydroxylation is 1. The van der Waals surface area contributed by atoms with Crippen molar-refractivity contribution in [3.63, 3.8) is 0 Å². The average molecular weight is 260 g/mol. The lowest BCUT2D eigenvalue weighted by molar-refractivity contribution is 0.00578. The molecule has 1 atom stereocenters. The van der Waals surface area contributed by atoms with Crippen LogP contribution in [0.3, 0.4) is 0 Å². The topological polar surface area (TPSA) is 18.5 Å². The summed E-state index contributed by atoms with van der Waals surface area (Å²) in [4.78, 5) is 0. The first-order chi connectivity index (χ1) is 8.73. The number of hydrogen-bond acceptors (Lipinski definition) is 2. The van der Waals surface area contributed by atoms with Gasteiger partial charge in [-0.1, -0.05) is 31.2 Å². The summed E-state index contributed by atoms with van der Waals surface area (Å²) in [5.41, 5.74) is 2.26. The molecule has 1 fully saturated rings. The van der Waals surface area contributed by atoms with Gasteiger partial charge in [0.05, 0.1) is 11.2 Å². The number of benzene rings is 1. The van der Waals surface area contributed by atoms with E-state index in [1.807, 2.05) is 0 Å². The zero-order valence-corrected chi connectivity index (χ0v) is 13.0. The Morgan fingerprint density at radius 1 is 1.05 bits per heavy atom. The van der Waals surface area contributed by atoms with Crippen molar-refractivity contribution in [2.24, 2.45) is 0 Å². The predicted octanol–water partition coefficient (Wildman–Crippen LogP) is 4.19. The van der Waals surface area contributed by atoms with Crippen molar-refractivity contribution in [3.05, 3.63) is 35.4 Å². The molecule has 1 aliphatic heterocycles. The zero-order chi connectivity index (χ0) is 14.3. The fourth-order valence-corrected chi connectivity index (χ4v) is 2.62. The van der Waals surface area contributed by atoms with Gasteiger partial charge in [0.1, 0.15) is 0 Å². The van der Waals surface area contributed by atoms with Crippen LogP contribution in [0, 0.1) is 6.92 Å². The molecule has 104 valence electrons. The summed E-state index contributed by atoms with van der Waals surface area (Å²) in [6.45, 7) is 12.8. The summed E-state index contributed by atoms with van der Waals surface area (Å²) >= 11 is 0. The van der Waals surface area contributed by atoms with Crippen LogP contribution in [0.1, 0.15) is 51.7 Å². The molecule has 0 aromatic heterocycles. The van der Waals surface area contributed by atoms with Crippen LogP contribution in [0.25, 0.3) is 0 Å². The largest absolute Gasteiger partial charge is 0.458 e. The third kappa shape index (κ3) is 2.87. The Labute approximate surface area is 117 Å². The third-order valence-corrected chi connectivity index (χ3v) is 4.57. The highest BCUT2D eigenvalue weighted by atomic mass is 16.7. The second-order valence-electron chi connectivity index (χ2n) is 6.68. The molecule has 1 aliphatic rings. The van der Waals surface area contributed by atoms with Crippen LogP contribution in [-0.2, 0) is 9.31 Å². The van der Waals surface area contributed by atoms with Crippen molar-refractivity contribution in [2.45, 2.75) is 65.0 Å². The van der Waals surface area contributed by atoms with Gasteiger partial charge in [-0.05, 0) is 58.0 Å². The normalized spacial score (nSPS) is 22.5. The van der Waals surface area contributed by atoms with Gasteiger partial charge in [0, 0.05) is 0 Å². The fourth-order valence-electron chi connectivity index (χ4n) is 2.62. The first-order valence-corrected chi connectivity index (χ1v) is 7.14. The highest BCUT2D eigenvalue weighted by Gasteiger charge is 2.51. The molecule has 3 heteroatoms. The molecule has 0 unspecified atom stereocenters. The second-order valence-corrected chi connectivity index (χ2v) is 6.68. The Morgan fingerprint density at radius 2 is 1.58 bits per heavy atom. The maximum Gasteiger partial charge on any atom is 0.458 e. The van der Waals surface area contributed by atoms with Crippen molar-refractivity contribution in [1.29, 1.82) is 0 Å². The highest BCUT2D eigenvalue weighted by Crippen LogP contribution is 2.39. The molecular formula is C16H25BO2. The van der Waals surface area contributed by atoms with E-state index in [1.54, 1.807) is 0 Å². The molecule has 0 spiro atoms. The first kappa shape index (κ1) is 14.6. The van der Waals surface area contributed by atoms with Gasteiger partial charge in [-0.25, -0.2) is 0 Å². The van der Waals surface area contributed by atoms with E-state index in [-0.39, 0.29) is 18.3 Å². The molecule has 0 aliphatic carbocycles. The lowest BCUT2D eigenvalue weighted by Crippen LogP contribution is -2.41. The van der Waals surface area contributed by atoms with Crippen molar-refractivity contribution in [1.82, 2.24) is 0 Å². The molecule has 0 amide bonds. The lowest BCUT2D eigenvalue weighted by atomic mass is 9.75. The minimum absolute atomic E-state index is 0.111. The van der Waals surface area contributed by atoms with Crippen LogP contribution in [0.2, 0.25) is 6.32 Å². The van der Waals surface area contributed by atoms with Crippen LogP contribution in [0.5, 0.6) is 0 Å². The van der Waals surface area contributed by atoms with Crippen LogP contribution in [0.15, 0.2) is 24.3 Å². The molecule has 1 saturated heterocycles. The van der Waals surface area contributed by atoms with E-state index < -0.39 is 0 Å². The summed E-state index contributed by atoms with van der Waals surface area (Å²) in [6.07, 6.45) is 0.901. The summed E-state index contributed by atoms with van der Waals surface area (Å²) in [6, 6.07) is 8.55. The highest BCUT2D eigenvalue weighted by molar-refractivity contribution is 6.45. The van der Waals surface area contributed by atoms with Gasteiger partial charge >= 0.3 is 7.12 Å². The Morgan fingerprint density at radius 3 is 2.11 bits per heavy atom. The van der Waals surface area contributed by atoms with E-state index in [4.69, 9.17) is 9.31 Å². The van der Waals surface area contributed by atoms with Crippen LogP contribution >= 0.6 is 0 Å². The van der Waals surface area contributed by atoms with E-state index in [0.717, 1.165) is 6.32 Å². The van der Waals surface area contributed by atoms with E-state index in [0.29, 0.717) is 5.92 Å². The van der Waals surface area contributed by atoms with Crippen molar-refractivity contribution >= 4 is 7.12 Å². The van der Waals surface area contributed by atoms with E-state index in [9.17, 15) is 0 Å². The second kappa shape index (κ2) is 4.95. The molecule has 0 N–H and O–H groups in total. The van der Waals surface area contributed by atoms with Gasteiger partial charge in [-0.2, -0.15) is 0 Å². The summed E-state index contributed by atoms with van der Waals surface area (Å²) in [5.74, 6) is 0.441. The fraction of sp³-hybridized carbons (Fsp3) is 0.625. The van der Waals surface area contributed by atoms with Gasteiger partial charge < -0.3 is 9.31 Å². The molecule has 0 radical (unpaired) electrons.